The summed E-state index contributed by atoms with van der Waals surface area (Å²) in [5.74, 6) is -2.46. The van der Waals surface area contributed by atoms with Crippen LogP contribution in [0.15, 0.2) is 0 Å². The molecule has 0 heterocycles. The molecule has 0 bridgehead atoms. The highest BCUT2D eigenvalue weighted by Gasteiger charge is 2.09. The van der Waals surface area contributed by atoms with Gasteiger partial charge in [-0.3, -0.25) is 19.7 Å². The second-order valence-electron chi connectivity index (χ2n) is 1.09. The maximum Gasteiger partial charge on any atom is 0.320 e. The molecule has 0 aliphatic rings. The first-order chi connectivity index (χ1) is 4.04. The highest BCUT2D eigenvalue weighted by molar-refractivity contribution is 6.65. The van der Waals surface area contributed by atoms with Crippen LogP contribution < -0.4 is 11.1 Å². The lowest BCUT2D eigenvalue weighted by Gasteiger charge is -1.90. The number of amides is 3. The number of nitrogens with one attached hydrogen (secondary N) is 1. The molecule has 0 saturated carbocycles. The second kappa shape index (κ2) is 3.03. The van der Waals surface area contributed by atoms with Gasteiger partial charge in [-0.2, -0.15) is 0 Å². The summed E-state index contributed by atoms with van der Waals surface area (Å²) in [5.41, 5.74) is 4.42. The van der Waals surface area contributed by atoms with Crippen LogP contribution in [0.1, 0.15) is 0 Å². The van der Waals surface area contributed by atoms with Crippen molar-refractivity contribution in [2.24, 2.45) is 5.73 Å². The summed E-state index contributed by atoms with van der Waals surface area (Å²) in [6.45, 7) is 0. The highest BCUT2D eigenvalue weighted by atomic mass is 35.5. The fraction of sp³-hybridized carbons (Fsp3) is 0. The molecule has 5 nitrogen and oxygen atoms in total. The van der Waals surface area contributed by atoms with Gasteiger partial charge in [0.1, 0.15) is 0 Å². The summed E-state index contributed by atoms with van der Waals surface area (Å²) in [6.07, 6.45) is 0. The van der Waals surface area contributed by atoms with E-state index < -0.39 is 17.2 Å². The van der Waals surface area contributed by atoms with Crippen molar-refractivity contribution in [1.29, 1.82) is 0 Å². The average Bonchev–Trinajstić information content (AvgIpc) is 1.63. The molecule has 0 atom stereocenters. The van der Waals surface area contributed by atoms with Crippen molar-refractivity contribution in [3.63, 3.8) is 0 Å². The van der Waals surface area contributed by atoms with Gasteiger partial charge in [-0.1, -0.05) is 0 Å². The number of hydrogen-bond acceptors (Lipinski definition) is 3. The zero-order chi connectivity index (χ0) is 7.44. The summed E-state index contributed by atoms with van der Waals surface area (Å²) < 4.78 is 0. The largest absolute Gasteiger partial charge is 0.361 e. The molecule has 0 rings (SSSR count). The third-order valence-electron chi connectivity index (χ3n) is 0.436. The Morgan fingerprint density at radius 3 is 1.89 bits per heavy atom. The third-order valence-corrected chi connectivity index (χ3v) is 0.530. The zero-order valence-corrected chi connectivity index (χ0v) is 4.94. The van der Waals surface area contributed by atoms with Crippen LogP contribution in [0, 0.1) is 0 Å². The summed E-state index contributed by atoms with van der Waals surface area (Å²) in [5, 5.41) is 0.329. The van der Waals surface area contributed by atoms with E-state index in [4.69, 9.17) is 0 Å². The lowest BCUT2D eigenvalue weighted by atomic mass is 10.6. The Hall–Kier alpha value is -1.10. The Balaban J connectivity index is 3.79. The molecule has 0 fully saturated rings. The molecule has 9 heavy (non-hydrogen) atoms. The van der Waals surface area contributed by atoms with Crippen molar-refractivity contribution in [2.45, 2.75) is 0 Å². The van der Waals surface area contributed by atoms with E-state index in [1.165, 1.54) is 5.32 Å². The van der Waals surface area contributed by atoms with Crippen molar-refractivity contribution in [3.05, 3.63) is 0 Å². The van der Waals surface area contributed by atoms with Gasteiger partial charge in [0.05, 0.1) is 0 Å². The number of nitrogens with two attached hydrogens (primary N) is 1. The Morgan fingerprint density at radius 1 is 1.33 bits per heavy atom. The van der Waals surface area contributed by atoms with Crippen molar-refractivity contribution in [2.75, 3.05) is 0 Å². The quantitative estimate of drug-likeness (QED) is 0.262. The topological polar surface area (TPSA) is 89.3 Å². The van der Waals surface area contributed by atoms with Crippen molar-refractivity contribution >= 4 is 28.8 Å². The summed E-state index contributed by atoms with van der Waals surface area (Å²) in [7, 11) is 0. The average molecular weight is 151 g/mol. The van der Waals surface area contributed by atoms with Crippen LogP contribution in [-0.4, -0.2) is 17.2 Å². The van der Waals surface area contributed by atoms with Crippen molar-refractivity contribution < 1.29 is 14.4 Å². The van der Waals surface area contributed by atoms with Gasteiger partial charge in [0.15, 0.2) is 0 Å². The first-order valence-electron chi connectivity index (χ1n) is 1.84. The van der Waals surface area contributed by atoms with Gasteiger partial charge in [-0.15, -0.1) is 0 Å². The van der Waals surface area contributed by atoms with E-state index in [1.807, 2.05) is 0 Å². The number of hydrogen-bond donors (Lipinski definition) is 2. The summed E-state index contributed by atoms with van der Waals surface area (Å²) in [6, 6.07) is 0. The number of halogens is 1. The molecule has 0 aliphatic heterocycles. The standard InChI is InChI=1S/C3H3ClN2O3/c4-3(9)6-2(8)1(5)7/h(H2,5,7)(H,6,8,9). The van der Waals surface area contributed by atoms with Gasteiger partial charge >= 0.3 is 17.2 Å². The van der Waals surface area contributed by atoms with Crippen molar-refractivity contribution in [3.8, 4) is 0 Å². The van der Waals surface area contributed by atoms with Gasteiger partial charge in [-0.05, 0) is 11.6 Å². The minimum Gasteiger partial charge on any atom is -0.361 e. The minimum absolute atomic E-state index is 1.13. The van der Waals surface area contributed by atoms with Gasteiger partial charge in [0.25, 0.3) is 0 Å². The number of imide groups is 1. The monoisotopic (exact) mass is 150 g/mol. The first-order valence-corrected chi connectivity index (χ1v) is 2.22. The first kappa shape index (κ1) is 7.90. The third kappa shape index (κ3) is 3.48. The van der Waals surface area contributed by atoms with Crippen LogP contribution in [0.5, 0.6) is 0 Å². The van der Waals surface area contributed by atoms with E-state index in [0.717, 1.165) is 0 Å². The Bertz CT molecular complexity index is 166. The van der Waals surface area contributed by atoms with E-state index in [2.05, 4.69) is 17.3 Å². The maximum atomic E-state index is 10.1. The summed E-state index contributed by atoms with van der Waals surface area (Å²) in [4.78, 5) is 29.7. The summed E-state index contributed by atoms with van der Waals surface area (Å²) >= 11 is 4.64. The van der Waals surface area contributed by atoms with Crippen LogP contribution in [-0.2, 0) is 9.59 Å². The van der Waals surface area contributed by atoms with Crippen LogP contribution in [0.2, 0.25) is 0 Å². The molecule has 6 heteroatoms. The molecule has 0 spiro atoms. The maximum absolute atomic E-state index is 10.1. The predicted octanol–water partition coefficient (Wildman–Crippen LogP) is -1.05. The molecule has 3 N–H and O–H groups in total. The molecular formula is C3H3ClN2O3. The van der Waals surface area contributed by atoms with Gasteiger partial charge in [0, 0.05) is 0 Å². The Labute approximate surface area is 55.1 Å². The lowest BCUT2D eigenvalue weighted by Crippen LogP contribution is -2.37. The minimum atomic E-state index is -1.25. The van der Waals surface area contributed by atoms with E-state index in [1.54, 1.807) is 0 Å². The molecule has 3 amide bonds. The molecule has 0 aromatic carbocycles. The fourth-order valence-corrected chi connectivity index (χ4v) is 0.237. The van der Waals surface area contributed by atoms with Crippen LogP contribution in [0.4, 0.5) is 4.79 Å². The molecule has 0 aliphatic carbocycles. The van der Waals surface area contributed by atoms with E-state index >= 15 is 0 Å². The van der Waals surface area contributed by atoms with Crippen LogP contribution in [0.3, 0.4) is 0 Å². The SMILES string of the molecule is NC(=O)C(=O)NC(=O)Cl. The molecular weight excluding hydrogens is 147 g/mol. The number of carbonyl (C=O) groups is 3. The van der Waals surface area contributed by atoms with E-state index in [9.17, 15) is 14.4 Å². The second-order valence-corrected chi connectivity index (χ2v) is 1.44. The molecule has 0 aromatic rings. The lowest BCUT2D eigenvalue weighted by molar-refractivity contribution is -0.136. The number of rotatable bonds is 0. The highest BCUT2D eigenvalue weighted by Crippen LogP contribution is 1.75. The number of primary amides is 1. The van der Waals surface area contributed by atoms with Gasteiger partial charge in [0.2, 0.25) is 0 Å². The fourth-order valence-electron chi connectivity index (χ4n) is 0.151. The molecule has 50 valence electrons. The molecule has 0 saturated heterocycles. The van der Waals surface area contributed by atoms with Crippen molar-refractivity contribution in [1.82, 2.24) is 5.32 Å². The Morgan fingerprint density at radius 2 is 1.78 bits per heavy atom. The van der Waals surface area contributed by atoms with Crippen LogP contribution >= 0.6 is 11.6 Å². The van der Waals surface area contributed by atoms with Gasteiger partial charge in [-0.25, -0.2) is 0 Å². The van der Waals surface area contributed by atoms with E-state index in [0.29, 0.717) is 0 Å². The zero-order valence-electron chi connectivity index (χ0n) is 4.18. The Kier molecular flexibility index (Phi) is 2.66. The van der Waals surface area contributed by atoms with E-state index in [-0.39, 0.29) is 0 Å². The molecule has 0 radical (unpaired) electrons. The smallest absolute Gasteiger partial charge is 0.320 e. The van der Waals surface area contributed by atoms with Gasteiger partial charge < -0.3 is 5.73 Å². The predicted molar refractivity (Wildman–Crippen MR) is 28.6 cm³/mol. The van der Waals surface area contributed by atoms with Crippen LogP contribution in [0.25, 0.3) is 0 Å². The number of carbonyl (C=O) groups excluding carboxylic acids is 3. The molecule has 0 aromatic heterocycles. The normalized spacial score (nSPS) is 8.11. The molecule has 0 unspecified atom stereocenters.